The van der Waals surface area contributed by atoms with Crippen molar-refractivity contribution in [2.24, 2.45) is 0 Å². The number of anilines is 2. The molecule has 0 aliphatic carbocycles. The number of aromatic amines is 1. The fourth-order valence-corrected chi connectivity index (χ4v) is 3.52. The van der Waals surface area contributed by atoms with Crippen LogP contribution in [0.4, 0.5) is 11.6 Å². The maximum atomic E-state index is 12.2. The van der Waals surface area contributed by atoms with Gasteiger partial charge < -0.3 is 15.1 Å². The normalized spacial score (nSPS) is 14.4. The minimum Gasteiger partial charge on any atom is -0.368 e. The summed E-state index contributed by atoms with van der Waals surface area (Å²) >= 11 is 0. The molecule has 1 fully saturated rings. The van der Waals surface area contributed by atoms with Gasteiger partial charge in [0.05, 0.1) is 5.52 Å². The van der Waals surface area contributed by atoms with E-state index in [0.717, 1.165) is 37.4 Å². The molecular formula is C20H22N6O2. The van der Waals surface area contributed by atoms with Gasteiger partial charge in [0.25, 0.3) is 11.5 Å². The molecule has 0 radical (unpaired) electrons. The summed E-state index contributed by atoms with van der Waals surface area (Å²) < 4.78 is 0. The van der Waals surface area contributed by atoms with Crippen molar-refractivity contribution < 1.29 is 4.79 Å². The number of carbonyl (C=O) groups is 1. The number of pyridine rings is 1. The first-order chi connectivity index (χ1) is 13.6. The molecule has 3 aromatic rings. The number of nitrogens with zero attached hydrogens (tertiary/aromatic N) is 4. The van der Waals surface area contributed by atoms with Crippen molar-refractivity contribution in [2.75, 3.05) is 43.0 Å². The lowest BCUT2D eigenvalue weighted by atomic mass is 10.1. The quantitative estimate of drug-likeness (QED) is 0.714. The second kappa shape index (κ2) is 7.30. The highest BCUT2D eigenvalue weighted by Gasteiger charge is 2.20. The van der Waals surface area contributed by atoms with Crippen LogP contribution in [0.25, 0.3) is 11.0 Å². The highest BCUT2D eigenvalue weighted by atomic mass is 16.1. The molecule has 2 N–H and O–H groups in total. The molecule has 2 aromatic heterocycles. The Kier molecular flexibility index (Phi) is 4.68. The monoisotopic (exact) mass is 378 g/mol. The van der Waals surface area contributed by atoms with Gasteiger partial charge in [-0.25, -0.2) is 9.97 Å². The van der Waals surface area contributed by atoms with Crippen molar-refractivity contribution in [2.45, 2.75) is 6.92 Å². The highest BCUT2D eigenvalue weighted by molar-refractivity contribution is 5.95. The van der Waals surface area contributed by atoms with Gasteiger partial charge in [-0.05, 0) is 42.8 Å². The van der Waals surface area contributed by atoms with Crippen LogP contribution in [0.1, 0.15) is 15.9 Å². The van der Waals surface area contributed by atoms with E-state index < -0.39 is 0 Å². The van der Waals surface area contributed by atoms with E-state index in [1.807, 2.05) is 25.1 Å². The minimum atomic E-state index is -0.219. The maximum absolute atomic E-state index is 12.2. The van der Waals surface area contributed by atoms with Gasteiger partial charge >= 0.3 is 0 Å². The molecule has 0 unspecified atom stereocenters. The molecule has 28 heavy (non-hydrogen) atoms. The van der Waals surface area contributed by atoms with Crippen molar-refractivity contribution in [1.82, 2.24) is 20.3 Å². The number of H-pyrrole nitrogens is 1. The molecule has 8 heteroatoms. The Labute approximate surface area is 162 Å². The lowest BCUT2D eigenvalue weighted by Crippen LogP contribution is -2.47. The summed E-state index contributed by atoms with van der Waals surface area (Å²) in [6, 6.07) is 9.47. The molecule has 0 atom stereocenters. The third kappa shape index (κ3) is 3.28. The number of fused-ring (bicyclic) bond motifs is 1. The predicted octanol–water partition coefficient (Wildman–Crippen LogP) is 1.31. The molecule has 1 amide bonds. The molecule has 4 rings (SSSR count). The first-order valence-corrected chi connectivity index (χ1v) is 9.24. The Balaban J connectivity index is 1.50. The van der Waals surface area contributed by atoms with E-state index in [4.69, 9.17) is 0 Å². The van der Waals surface area contributed by atoms with Gasteiger partial charge in [0, 0.05) is 50.7 Å². The molecule has 1 aliphatic rings. The number of hydrogen-bond donors (Lipinski definition) is 2. The van der Waals surface area contributed by atoms with Crippen molar-refractivity contribution in [3.05, 3.63) is 58.0 Å². The summed E-state index contributed by atoms with van der Waals surface area (Å²) in [6.07, 6.45) is 1.59. The number of aryl methyl sites for hydroxylation is 1. The summed E-state index contributed by atoms with van der Waals surface area (Å²) in [5, 5.41) is 2.66. The van der Waals surface area contributed by atoms with E-state index >= 15 is 0 Å². The number of aromatic nitrogens is 3. The molecule has 3 heterocycles. The van der Waals surface area contributed by atoms with E-state index in [9.17, 15) is 9.59 Å². The fourth-order valence-electron chi connectivity index (χ4n) is 3.52. The SMILES string of the molecule is CNC(=O)c1ccc(N2CCN(c3nc4cccnc4c(=O)[nH]3)CC2)cc1C. The van der Waals surface area contributed by atoms with E-state index in [-0.39, 0.29) is 11.5 Å². The zero-order chi connectivity index (χ0) is 19.7. The lowest BCUT2D eigenvalue weighted by Gasteiger charge is -2.36. The summed E-state index contributed by atoms with van der Waals surface area (Å²) in [6.45, 7) is 5.03. The lowest BCUT2D eigenvalue weighted by molar-refractivity contribution is 0.0962. The molecule has 144 valence electrons. The largest absolute Gasteiger partial charge is 0.368 e. The van der Waals surface area contributed by atoms with Crippen LogP contribution in [-0.4, -0.2) is 54.1 Å². The van der Waals surface area contributed by atoms with Crippen LogP contribution in [0.15, 0.2) is 41.3 Å². The molecule has 1 aromatic carbocycles. The average Bonchev–Trinajstić information content (AvgIpc) is 2.73. The first kappa shape index (κ1) is 18.0. The van der Waals surface area contributed by atoms with E-state index in [0.29, 0.717) is 22.5 Å². The van der Waals surface area contributed by atoms with Gasteiger partial charge in [-0.1, -0.05) is 0 Å². The predicted molar refractivity (Wildman–Crippen MR) is 109 cm³/mol. The number of amides is 1. The molecule has 1 aliphatic heterocycles. The molecule has 0 saturated carbocycles. The second-order valence-electron chi connectivity index (χ2n) is 6.81. The highest BCUT2D eigenvalue weighted by Crippen LogP contribution is 2.22. The van der Waals surface area contributed by atoms with Crippen molar-refractivity contribution in [3.8, 4) is 0 Å². The Hall–Kier alpha value is -3.42. The number of carbonyl (C=O) groups excluding carboxylic acids is 1. The Bertz CT molecular complexity index is 1090. The zero-order valence-corrected chi connectivity index (χ0v) is 15.9. The third-order valence-electron chi connectivity index (χ3n) is 5.08. The van der Waals surface area contributed by atoms with Crippen LogP contribution in [0.2, 0.25) is 0 Å². The van der Waals surface area contributed by atoms with Gasteiger partial charge in [-0.15, -0.1) is 0 Å². The topological polar surface area (TPSA) is 94.2 Å². The number of rotatable bonds is 3. The van der Waals surface area contributed by atoms with Gasteiger partial charge in [0.15, 0.2) is 5.52 Å². The number of piperazine rings is 1. The summed E-state index contributed by atoms with van der Waals surface area (Å²) in [4.78, 5) is 40.0. The smallest absolute Gasteiger partial charge is 0.278 e. The van der Waals surface area contributed by atoms with Crippen molar-refractivity contribution in [3.63, 3.8) is 0 Å². The summed E-state index contributed by atoms with van der Waals surface area (Å²) in [5.41, 5.74) is 3.47. The van der Waals surface area contributed by atoms with Crippen LogP contribution in [0.5, 0.6) is 0 Å². The van der Waals surface area contributed by atoms with Gasteiger partial charge in [0.2, 0.25) is 5.95 Å². The summed E-state index contributed by atoms with van der Waals surface area (Å²) in [5.74, 6) is 0.506. The standard InChI is InChI=1S/C20H22N6O2/c1-13-12-14(5-6-15(13)18(27)21-2)25-8-10-26(11-9-25)20-23-16-4-3-7-22-17(16)19(28)24-20/h3-7,12H,8-11H2,1-2H3,(H,21,27)(H,23,24,28). The average molecular weight is 378 g/mol. The second-order valence-corrected chi connectivity index (χ2v) is 6.81. The zero-order valence-electron chi connectivity index (χ0n) is 15.9. The number of benzene rings is 1. The van der Waals surface area contributed by atoms with Crippen molar-refractivity contribution in [1.29, 1.82) is 0 Å². The molecule has 1 saturated heterocycles. The Morgan fingerprint density at radius 1 is 1.14 bits per heavy atom. The molecule has 0 bridgehead atoms. The minimum absolute atomic E-state index is 0.0744. The Morgan fingerprint density at radius 3 is 2.61 bits per heavy atom. The van der Waals surface area contributed by atoms with E-state index in [2.05, 4.69) is 30.1 Å². The van der Waals surface area contributed by atoms with Gasteiger partial charge in [0.1, 0.15) is 0 Å². The van der Waals surface area contributed by atoms with E-state index in [1.165, 1.54) is 0 Å². The summed E-state index contributed by atoms with van der Waals surface area (Å²) in [7, 11) is 1.64. The third-order valence-corrected chi connectivity index (χ3v) is 5.08. The van der Waals surface area contributed by atoms with Crippen LogP contribution in [0.3, 0.4) is 0 Å². The fraction of sp³-hybridized carbons (Fsp3) is 0.300. The van der Waals surface area contributed by atoms with Crippen LogP contribution >= 0.6 is 0 Å². The van der Waals surface area contributed by atoms with Gasteiger partial charge in [-0.3, -0.25) is 14.6 Å². The Morgan fingerprint density at radius 2 is 1.89 bits per heavy atom. The molecule has 8 nitrogen and oxygen atoms in total. The van der Waals surface area contributed by atoms with Crippen LogP contribution < -0.4 is 20.7 Å². The van der Waals surface area contributed by atoms with E-state index in [1.54, 1.807) is 25.4 Å². The maximum Gasteiger partial charge on any atom is 0.278 e. The van der Waals surface area contributed by atoms with Crippen molar-refractivity contribution >= 4 is 28.6 Å². The van der Waals surface area contributed by atoms with Crippen LogP contribution in [-0.2, 0) is 0 Å². The number of nitrogens with one attached hydrogen (secondary N) is 2. The molecular weight excluding hydrogens is 356 g/mol. The first-order valence-electron chi connectivity index (χ1n) is 9.24. The van der Waals surface area contributed by atoms with Gasteiger partial charge in [-0.2, -0.15) is 0 Å². The number of hydrogen-bond acceptors (Lipinski definition) is 6. The molecule has 0 spiro atoms. The van der Waals surface area contributed by atoms with Crippen LogP contribution in [0, 0.1) is 6.92 Å².